The van der Waals surface area contributed by atoms with Gasteiger partial charge in [-0.2, -0.15) is 4.36 Å². The van der Waals surface area contributed by atoms with E-state index in [4.69, 9.17) is 0 Å². The molecule has 1 atom stereocenters. The first-order chi connectivity index (χ1) is 4.10. The number of carbonyl (C=O) groups is 1. The van der Waals surface area contributed by atoms with E-state index in [-0.39, 0.29) is 5.91 Å². The molecule has 9 heavy (non-hydrogen) atoms. The molecule has 0 bridgehead atoms. The van der Waals surface area contributed by atoms with Gasteiger partial charge in [-0.3, -0.25) is 4.79 Å². The monoisotopic (exact) mass is 147 g/mol. The number of carbonyl (C=O) groups excluding carboxylic acids is 1. The molecule has 0 N–H and O–H groups in total. The molecule has 0 spiro atoms. The van der Waals surface area contributed by atoms with E-state index < -0.39 is 9.73 Å². The van der Waals surface area contributed by atoms with Gasteiger partial charge in [0.05, 0.1) is 9.73 Å². The fourth-order valence-corrected chi connectivity index (χ4v) is 2.09. The second-order valence-corrected chi connectivity index (χ2v) is 4.76. The highest BCUT2D eigenvalue weighted by molar-refractivity contribution is 7.93. The molecular formula is C5H9NO2S. The van der Waals surface area contributed by atoms with Crippen LogP contribution in [0.25, 0.3) is 0 Å². The van der Waals surface area contributed by atoms with Gasteiger partial charge in [0.25, 0.3) is 5.91 Å². The molecule has 0 aliphatic carbocycles. The predicted octanol–water partition coefficient (Wildman–Crippen LogP) is 0.405. The molecule has 4 heteroatoms. The number of hydrogen-bond acceptors (Lipinski definition) is 2. The average molecular weight is 147 g/mol. The number of rotatable bonds is 0. The van der Waals surface area contributed by atoms with Crippen molar-refractivity contribution < 1.29 is 9.00 Å². The van der Waals surface area contributed by atoms with Crippen molar-refractivity contribution in [2.75, 3.05) is 12.0 Å². The topological polar surface area (TPSA) is 46.5 Å². The van der Waals surface area contributed by atoms with Gasteiger partial charge in [-0.25, -0.2) is 4.21 Å². The van der Waals surface area contributed by atoms with Gasteiger partial charge in [0.1, 0.15) is 0 Å². The lowest BCUT2D eigenvalue weighted by atomic mass is 10.3. The summed E-state index contributed by atoms with van der Waals surface area (Å²) in [6.45, 7) is 0. The maximum Gasteiger partial charge on any atom is 0.253 e. The Balaban J connectivity index is 2.98. The summed E-state index contributed by atoms with van der Waals surface area (Å²) in [4.78, 5) is 10.5. The summed E-state index contributed by atoms with van der Waals surface area (Å²) in [5.41, 5.74) is 0. The second kappa shape index (κ2) is 2.10. The minimum absolute atomic E-state index is 0.200. The third-order valence-electron chi connectivity index (χ3n) is 1.21. The standard InChI is InChI=1S/C5H9NO2S/c1-9(8)4-2-3-5(7)6-9/h2-4H2,1H3. The van der Waals surface area contributed by atoms with Gasteiger partial charge in [-0.15, -0.1) is 0 Å². The quantitative estimate of drug-likeness (QED) is 0.498. The van der Waals surface area contributed by atoms with Gasteiger partial charge < -0.3 is 0 Å². The molecule has 0 fully saturated rings. The van der Waals surface area contributed by atoms with Crippen LogP contribution in [0, 0.1) is 0 Å². The maximum absolute atomic E-state index is 11.0. The van der Waals surface area contributed by atoms with Crippen LogP contribution in [0.3, 0.4) is 0 Å². The molecule has 1 unspecified atom stereocenters. The van der Waals surface area contributed by atoms with Crippen LogP contribution >= 0.6 is 0 Å². The van der Waals surface area contributed by atoms with Crippen LogP contribution in [0.1, 0.15) is 12.8 Å². The largest absolute Gasteiger partial charge is 0.272 e. The Hall–Kier alpha value is -0.380. The van der Waals surface area contributed by atoms with Crippen molar-refractivity contribution in [2.24, 2.45) is 4.36 Å². The van der Waals surface area contributed by atoms with Crippen molar-refractivity contribution >= 4 is 15.6 Å². The molecule has 1 amide bonds. The van der Waals surface area contributed by atoms with Gasteiger partial charge >= 0.3 is 0 Å². The normalized spacial score (nSPS) is 35.9. The summed E-state index contributed by atoms with van der Waals surface area (Å²) >= 11 is 0. The van der Waals surface area contributed by atoms with Crippen molar-refractivity contribution in [3.8, 4) is 0 Å². The molecule has 1 aliphatic heterocycles. The van der Waals surface area contributed by atoms with E-state index in [1.165, 1.54) is 6.26 Å². The van der Waals surface area contributed by atoms with Crippen molar-refractivity contribution in [2.45, 2.75) is 12.8 Å². The zero-order valence-corrected chi connectivity index (χ0v) is 6.11. The van der Waals surface area contributed by atoms with Crippen LogP contribution in [0.2, 0.25) is 0 Å². The smallest absolute Gasteiger partial charge is 0.253 e. The first kappa shape index (κ1) is 6.74. The first-order valence-electron chi connectivity index (χ1n) is 2.83. The van der Waals surface area contributed by atoms with Crippen LogP contribution in [-0.4, -0.2) is 22.1 Å². The van der Waals surface area contributed by atoms with Crippen LogP contribution in [-0.2, 0) is 14.5 Å². The first-order valence-corrected chi connectivity index (χ1v) is 4.92. The van der Waals surface area contributed by atoms with Gasteiger partial charge in [-0.05, 0) is 6.42 Å². The SMILES string of the molecule is CS1(=O)=NC(=O)CCC1. The highest BCUT2D eigenvalue weighted by Gasteiger charge is 2.12. The lowest BCUT2D eigenvalue weighted by molar-refractivity contribution is -0.117. The Morgan fingerprint density at radius 2 is 2.33 bits per heavy atom. The molecule has 0 saturated carbocycles. The Morgan fingerprint density at radius 1 is 1.67 bits per heavy atom. The summed E-state index contributed by atoms with van der Waals surface area (Å²) < 4.78 is 14.5. The maximum atomic E-state index is 11.0. The summed E-state index contributed by atoms with van der Waals surface area (Å²) in [5.74, 6) is 0.382. The predicted molar refractivity (Wildman–Crippen MR) is 35.6 cm³/mol. The lowest BCUT2D eigenvalue weighted by Gasteiger charge is -2.06. The molecule has 0 radical (unpaired) electrons. The Bertz CT molecular complexity index is 237. The van der Waals surface area contributed by atoms with E-state index in [2.05, 4.69) is 4.36 Å². The van der Waals surface area contributed by atoms with Gasteiger partial charge in [0.2, 0.25) is 0 Å². The van der Waals surface area contributed by atoms with Crippen LogP contribution in [0.15, 0.2) is 4.36 Å². The Labute approximate surface area is 54.6 Å². The lowest BCUT2D eigenvalue weighted by Crippen LogP contribution is -2.13. The third-order valence-corrected chi connectivity index (χ3v) is 2.84. The molecule has 1 aliphatic rings. The average Bonchev–Trinajstić information content (AvgIpc) is 1.60. The molecule has 1 heterocycles. The molecule has 0 saturated heterocycles. The molecule has 1 rings (SSSR count). The van der Waals surface area contributed by atoms with E-state index in [9.17, 15) is 9.00 Å². The zero-order valence-electron chi connectivity index (χ0n) is 5.29. The van der Waals surface area contributed by atoms with Crippen molar-refractivity contribution in [3.63, 3.8) is 0 Å². The van der Waals surface area contributed by atoms with Gasteiger partial charge in [-0.1, -0.05) is 0 Å². The summed E-state index contributed by atoms with van der Waals surface area (Å²) in [5, 5.41) is 0. The molecule has 3 nitrogen and oxygen atoms in total. The fraction of sp³-hybridized carbons (Fsp3) is 0.800. The van der Waals surface area contributed by atoms with Gasteiger partial charge in [0, 0.05) is 18.4 Å². The minimum Gasteiger partial charge on any atom is -0.272 e. The van der Waals surface area contributed by atoms with E-state index in [0.717, 1.165) is 6.42 Å². The second-order valence-electron chi connectivity index (χ2n) is 2.25. The number of hydrogen-bond donors (Lipinski definition) is 0. The zero-order chi connectivity index (χ0) is 6.91. The van der Waals surface area contributed by atoms with E-state index in [1.54, 1.807) is 0 Å². The van der Waals surface area contributed by atoms with Crippen LogP contribution in [0.4, 0.5) is 0 Å². The third kappa shape index (κ3) is 1.78. The summed E-state index contributed by atoms with van der Waals surface area (Å²) in [6.07, 6.45) is 2.74. The highest BCUT2D eigenvalue weighted by atomic mass is 32.2. The van der Waals surface area contributed by atoms with Crippen molar-refractivity contribution in [1.82, 2.24) is 0 Å². The molecule has 52 valence electrons. The fourth-order valence-electron chi connectivity index (χ4n) is 0.798. The molecule has 0 aromatic carbocycles. The molecular weight excluding hydrogens is 138 g/mol. The number of nitrogens with zero attached hydrogens (tertiary/aromatic N) is 1. The Kier molecular flexibility index (Phi) is 1.57. The van der Waals surface area contributed by atoms with Gasteiger partial charge in [0.15, 0.2) is 0 Å². The number of amides is 1. The highest BCUT2D eigenvalue weighted by Crippen LogP contribution is 2.06. The van der Waals surface area contributed by atoms with E-state index in [1.807, 2.05) is 0 Å². The van der Waals surface area contributed by atoms with E-state index >= 15 is 0 Å². The van der Waals surface area contributed by atoms with Crippen LogP contribution in [0.5, 0.6) is 0 Å². The Morgan fingerprint density at radius 3 is 2.67 bits per heavy atom. The molecule has 0 aromatic rings. The van der Waals surface area contributed by atoms with E-state index in [0.29, 0.717) is 12.2 Å². The molecule has 0 aromatic heterocycles. The minimum atomic E-state index is -2.11. The summed E-state index contributed by atoms with van der Waals surface area (Å²) in [6, 6.07) is 0. The van der Waals surface area contributed by atoms with Crippen molar-refractivity contribution in [1.29, 1.82) is 0 Å². The van der Waals surface area contributed by atoms with Crippen molar-refractivity contribution in [3.05, 3.63) is 0 Å². The van der Waals surface area contributed by atoms with Crippen LogP contribution < -0.4 is 0 Å². The summed E-state index contributed by atoms with van der Waals surface area (Å²) in [7, 11) is -2.11.